The Balaban J connectivity index is 2.27. The molecule has 0 amide bonds. The third-order valence-electron chi connectivity index (χ3n) is 3.02. The fourth-order valence-electron chi connectivity index (χ4n) is 2.39. The fraction of sp³-hybridized carbons (Fsp3) is 0.333. The molecule has 2 rings (SSSR count). The quantitative estimate of drug-likeness (QED) is 0.592. The predicted octanol–water partition coefficient (Wildman–Crippen LogP) is 4.20. The molecule has 0 heterocycles. The minimum absolute atomic E-state index is 0.396. The molecule has 2 atom stereocenters. The summed E-state index contributed by atoms with van der Waals surface area (Å²) in [5, 5.41) is 0. The molecule has 0 spiro atoms. The van der Waals surface area contributed by atoms with Crippen LogP contribution in [0.3, 0.4) is 0 Å². The molecule has 0 fully saturated rings. The van der Waals surface area contributed by atoms with Gasteiger partial charge in [-0.05, 0) is 30.4 Å². The molecule has 0 radical (unpaired) electrons. The van der Waals surface area contributed by atoms with Gasteiger partial charge in [0, 0.05) is 5.92 Å². The van der Waals surface area contributed by atoms with E-state index in [0.717, 1.165) is 0 Å². The van der Waals surface area contributed by atoms with Crippen LogP contribution in [-0.4, -0.2) is 0 Å². The van der Waals surface area contributed by atoms with Crippen molar-refractivity contribution < 1.29 is 0 Å². The van der Waals surface area contributed by atoms with Gasteiger partial charge < -0.3 is 0 Å². The van der Waals surface area contributed by atoms with Gasteiger partial charge in [-0.1, -0.05) is 55.5 Å². The van der Waals surface area contributed by atoms with Gasteiger partial charge in [-0.2, -0.15) is 0 Å². The lowest BCUT2D eigenvalue weighted by Crippen LogP contribution is -2.09. The average molecular weight is 198 g/mol. The number of allylic oxidation sites excluding steroid dienone is 9. The molecule has 15 heavy (non-hydrogen) atoms. The van der Waals surface area contributed by atoms with Crippen molar-refractivity contribution in [2.24, 2.45) is 11.8 Å². The maximum atomic E-state index is 4.11. The molecule has 2 aliphatic rings. The van der Waals surface area contributed by atoms with Gasteiger partial charge in [-0.3, -0.25) is 0 Å². The van der Waals surface area contributed by atoms with Crippen LogP contribution in [0.2, 0.25) is 0 Å². The predicted molar refractivity (Wildman–Crippen MR) is 66.5 cm³/mol. The Kier molecular flexibility index (Phi) is 2.77. The summed E-state index contributed by atoms with van der Waals surface area (Å²) in [4.78, 5) is 0. The maximum Gasteiger partial charge on any atom is 0.0263 e. The zero-order chi connectivity index (χ0) is 10.8. The monoisotopic (exact) mass is 198 g/mol. The number of rotatable bonds is 1. The molecular formula is C15H18. The van der Waals surface area contributed by atoms with E-state index in [2.05, 4.69) is 56.9 Å². The van der Waals surface area contributed by atoms with E-state index >= 15 is 0 Å². The lowest BCUT2D eigenvalue weighted by atomic mass is 9.82. The first kappa shape index (κ1) is 10.2. The molecule has 78 valence electrons. The number of hydrogen-bond acceptors (Lipinski definition) is 0. The van der Waals surface area contributed by atoms with E-state index < -0.39 is 0 Å². The molecule has 0 aromatic heterocycles. The van der Waals surface area contributed by atoms with E-state index in [0.29, 0.717) is 11.8 Å². The second-order valence-electron chi connectivity index (χ2n) is 4.64. The Morgan fingerprint density at radius 2 is 2.13 bits per heavy atom. The molecule has 0 aromatic rings. The van der Waals surface area contributed by atoms with Gasteiger partial charge in [0.25, 0.3) is 0 Å². The van der Waals surface area contributed by atoms with Gasteiger partial charge in [0.1, 0.15) is 0 Å². The molecule has 0 heteroatoms. The largest absolute Gasteiger partial charge is 0.0949 e. The highest BCUT2D eigenvalue weighted by Gasteiger charge is 2.17. The van der Waals surface area contributed by atoms with E-state index in [1.54, 1.807) is 0 Å². The minimum Gasteiger partial charge on any atom is -0.0949 e. The SMILES string of the molecule is C=C1C=CC=CC1C1=CC(C)CC(C)=C1. The smallest absolute Gasteiger partial charge is 0.0263 e. The van der Waals surface area contributed by atoms with Crippen molar-refractivity contribution in [1.82, 2.24) is 0 Å². The Morgan fingerprint density at radius 1 is 1.33 bits per heavy atom. The van der Waals surface area contributed by atoms with E-state index in [4.69, 9.17) is 0 Å². The highest BCUT2D eigenvalue weighted by atomic mass is 14.2. The van der Waals surface area contributed by atoms with Crippen LogP contribution < -0.4 is 0 Å². The molecule has 0 bridgehead atoms. The summed E-state index contributed by atoms with van der Waals surface area (Å²) in [6.07, 6.45) is 14.4. The standard InChI is InChI=1S/C15H18/c1-11-8-12(2)10-14(9-11)15-7-5-4-6-13(15)3/h4-7,9-11,15H,3,8H2,1-2H3. The summed E-state index contributed by atoms with van der Waals surface area (Å²) in [6, 6.07) is 0. The third-order valence-corrected chi connectivity index (χ3v) is 3.02. The van der Waals surface area contributed by atoms with E-state index in [9.17, 15) is 0 Å². The van der Waals surface area contributed by atoms with Crippen molar-refractivity contribution in [1.29, 1.82) is 0 Å². The summed E-state index contributed by atoms with van der Waals surface area (Å²) >= 11 is 0. The minimum atomic E-state index is 0.396. The molecule has 0 nitrogen and oxygen atoms in total. The van der Waals surface area contributed by atoms with Crippen molar-refractivity contribution in [3.63, 3.8) is 0 Å². The van der Waals surface area contributed by atoms with Gasteiger partial charge in [-0.25, -0.2) is 0 Å². The molecular weight excluding hydrogens is 180 g/mol. The van der Waals surface area contributed by atoms with Crippen molar-refractivity contribution in [2.45, 2.75) is 20.3 Å². The van der Waals surface area contributed by atoms with Crippen molar-refractivity contribution in [2.75, 3.05) is 0 Å². The summed E-state index contributed by atoms with van der Waals surface area (Å²) in [6.45, 7) is 8.61. The second-order valence-corrected chi connectivity index (χ2v) is 4.64. The van der Waals surface area contributed by atoms with Gasteiger partial charge in [0.2, 0.25) is 0 Å². The highest BCUT2D eigenvalue weighted by Crippen LogP contribution is 2.32. The van der Waals surface area contributed by atoms with Crippen LogP contribution >= 0.6 is 0 Å². The first-order valence-corrected chi connectivity index (χ1v) is 5.59. The van der Waals surface area contributed by atoms with Crippen LogP contribution in [0.4, 0.5) is 0 Å². The lowest BCUT2D eigenvalue weighted by Gasteiger charge is -2.23. The average Bonchev–Trinajstić information content (AvgIpc) is 2.16. The first-order chi connectivity index (χ1) is 7.16. The van der Waals surface area contributed by atoms with Gasteiger partial charge in [0.15, 0.2) is 0 Å². The van der Waals surface area contributed by atoms with E-state index in [-0.39, 0.29) is 0 Å². The first-order valence-electron chi connectivity index (χ1n) is 5.59. The molecule has 0 N–H and O–H groups in total. The fourth-order valence-corrected chi connectivity index (χ4v) is 2.39. The second kappa shape index (κ2) is 4.06. The van der Waals surface area contributed by atoms with Crippen molar-refractivity contribution >= 4 is 0 Å². The van der Waals surface area contributed by atoms with Crippen LogP contribution in [0.1, 0.15) is 20.3 Å². The summed E-state index contributed by atoms with van der Waals surface area (Å²) in [7, 11) is 0. The van der Waals surface area contributed by atoms with Crippen LogP contribution in [0, 0.1) is 11.8 Å². The summed E-state index contributed by atoms with van der Waals surface area (Å²) in [5.41, 5.74) is 4.09. The molecule has 2 unspecified atom stereocenters. The Hall–Kier alpha value is -1.30. The number of hydrogen-bond donors (Lipinski definition) is 0. The normalized spacial score (nSPS) is 30.1. The molecule has 0 aliphatic heterocycles. The van der Waals surface area contributed by atoms with Crippen molar-refractivity contribution in [3.8, 4) is 0 Å². The topological polar surface area (TPSA) is 0 Å². The van der Waals surface area contributed by atoms with Crippen LogP contribution in [0.5, 0.6) is 0 Å². The molecule has 0 aromatic carbocycles. The summed E-state index contributed by atoms with van der Waals surface area (Å²) in [5.74, 6) is 1.06. The van der Waals surface area contributed by atoms with E-state index in [1.165, 1.54) is 23.1 Å². The zero-order valence-electron chi connectivity index (χ0n) is 9.53. The highest BCUT2D eigenvalue weighted by molar-refractivity contribution is 5.44. The third kappa shape index (κ3) is 2.20. The molecule has 0 saturated heterocycles. The van der Waals surface area contributed by atoms with Gasteiger partial charge >= 0.3 is 0 Å². The summed E-state index contributed by atoms with van der Waals surface area (Å²) < 4.78 is 0. The van der Waals surface area contributed by atoms with Crippen LogP contribution in [0.25, 0.3) is 0 Å². The van der Waals surface area contributed by atoms with E-state index in [1.807, 2.05) is 0 Å². The maximum absolute atomic E-state index is 4.11. The zero-order valence-corrected chi connectivity index (χ0v) is 9.53. The van der Waals surface area contributed by atoms with Crippen LogP contribution in [-0.2, 0) is 0 Å². The lowest BCUT2D eigenvalue weighted by molar-refractivity contribution is 0.687. The Morgan fingerprint density at radius 3 is 2.80 bits per heavy atom. The van der Waals surface area contributed by atoms with Crippen molar-refractivity contribution in [3.05, 3.63) is 59.8 Å². The molecule has 2 aliphatic carbocycles. The molecule has 0 saturated carbocycles. The Bertz CT molecular complexity index is 388. The van der Waals surface area contributed by atoms with Gasteiger partial charge in [0.05, 0.1) is 0 Å². The van der Waals surface area contributed by atoms with Crippen LogP contribution in [0.15, 0.2) is 59.8 Å². The van der Waals surface area contributed by atoms with Gasteiger partial charge in [-0.15, -0.1) is 0 Å². The Labute approximate surface area is 92.4 Å².